The van der Waals surface area contributed by atoms with Crippen LogP contribution in [0.5, 0.6) is 0 Å². The molecule has 6 heteroatoms. The molecule has 0 aliphatic carbocycles. The summed E-state index contributed by atoms with van der Waals surface area (Å²) in [6.07, 6.45) is 0. The monoisotopic (exact) mass is 255 g/mol. The highest BCUT2D eigenvalue weighted by Gasteiger charge is 2.48. The molecule has 2 rings (SSSR count). The summed E-state index contributed by atoms with van der Waals surface area (Å²) < 4.78 is 24.4. The van der Waals surface area contributed by atoms with Crippen LogP contribution < -0.4 is 4.31 Å². The third-order valence-corrected chi connectivity index (χ3v) is 5.66. The fourth-order valence-electron chi connectivity index (χ4n) is 2.04. The minimum atomic E-state index is -3.46. The van der Waals surface area contributed by atoms with Crippen molar-refractivity contribution in [1.82, 2.24) is 0 Å². The van der Waals surface area contributed by atoms with Gasteiger partial charge in [-0.2, -0.15) is 0 Å². The second-order valence-electron chi connectivity index (χ2n) is 4.52. The third-order valence-electron chi connectivity index (χ3n) is 3.24. The molecule has 5 nitrogen and oxygen atoms in total. The molecule has 0 bridgehead atoms. The molecule has 1 heterocycles. The lowest BCUT2D eigenvalue weighted by molar-refractivity contribution is 0.0696. The summed E-state index contributed by atoms with van der Waals surface area (Å²) in [5, 5.41) is 8.92. The van der Waals surface area contributed by atoms with E-state index in [2.05, 4.69) is 0 Å². The van der Waals surface area contributed by atoms with Crippen molar-refractivity contribution in [3.8, 4) is 0 Å². The quantitative estimate of drug-likeness (QED) is 0.823. The fourth-order valence-corrected chi connectivity index (χ4v) is 3.58. The second-order valence-corrected chi connectivity index (χ2v) is 7.04. The Morgan fingerprint density at radius 3 is 2.47 bits per heavy atom. The van der Waals surface area contributed by atoms with E-state index in [1.807, 2.05) is 0 Å². The van der Waals surface area contributed by atoms with Crippen LogP contribution in [-0.2, 0) is 14.8 Å². The van der Waals surface area contributed by atoms with Crippen LogP contribution in [0.15, 0.2) is 18.2 Å². The molecule has 1 aliphatic rings. The van der Waals surface area contributed by atoms with Crippen molar-refractivity contribution in [2.45, 2.75) is 18.6 Å². The molecule has 0 spiro atoms. The number of anilines is 1. The Morgan fingerprint density at radius 1 is 1.35 bits per heavy atom. The number of sulfonamides is 1. The summed E-state index contributed by atoms with van der Waals surface area (Å²) in [7, 11) is -1.99. The van der Waals surface area contributed by atoms with E-state index in [1.54, 1.807) is 13.8 Å². The molecule has 0 aromatic heterocycles. The standard InChI is InChI=1S/C11H13NO4S/c1-11(2)8-6-7(10(13)14)4-5-9(8)12(3)17(11,15)16/h4-6H,1-3H3,(H,13,14). The zero-order chi connectivity index (χ0) is 13.0. The van der Waals surface area contributed by atoms with E-state index in [4.69, 9.17) is 5.11 Å². The van der Waals surface area contributed by atoms with E-state index in [0.29, 0.717) is 11.3 Å². The van der Waals surface area contributed by atoms with Gasteiger partial charge in [-0.1, -0.05) is 0 Å². The van der Waals surface area contributed by atoms with Gasteiger partial charge in [0.2, 0.25) is 10.0 Å². The predicted octanol–water partition coefficient (Wildman–Crippen LogP) is 1.40. The molecule has 0 unspecified atom stereocenters. The molecule has 0 radical (unpaired) electrons. The van der Waals surface area contributed by atoms with Gasteiger partial charge in [0.1, 0.15) is 4.75 Å². The van der Waals surface area contributed by atoms with Gasteiger partial charge in [0.25, 0.3) is 0 Å². The van der Waals surface area contributed by atoms with Crippen LogP contribution in [0.1, 0.15) is 29.8 Å². The summed E-state index contributed by atoms with van der Waals surface area (Å²) in [6.45, 7) is 3.16. The average molecular weight is 255 g/mol. The zero-order valence-corrected chi connectivity index (χ0v) is 10.6. The maximum Gasteiger partial charge on any atom is 0.335 e. The number of carboxylic acid groups (broad SMARTS) is 1. The highest BCUT2D eigenvalue weighted by atomic mass is 32.2. The van der Waals surface area contributed by atoms with E-state index in [1.165, 1.54) is 29.6 Å². The number of hydrogen-bond acceptors (Lipinski definition) is 3. The van der Waals surface area contributed by atoms with E-state index >= 15 is 0 Å². The lowest BCUT2D eigenvalue weighted by Gasteiger charge is -2.19. The molecule has 17 heavy (non-hydrogen) atoms. The number of carbonyl (C=O) groups is 1. The Kier molecular flexibility index (Phi) is 2.26. The summed E-state index contributed by atoms with van der Waals surface area (Å²) in [5.74, 6) is -1.06. The first-order valence-corrected chi connectivity index (χ1v) is 6.50. The van der Waals surface area contributed by atoms with Gasteiger partial charge in [0, 0.05) is 7.05 Å². The summed E-state index contributed by atoms with van der Waals surface area (Å²) >= 11 is 0. The molecule has 0 saturated heterocycles. The molecule has 92 valence electrons. The van der Waals surface area contributed by atoms with Gasteiger partial charge >= 0.3 is 5.97 Å². The molecule has 1 aromatic rings. The lowest BCUT2D eigenvalue weighted by atomic mass is 9.98. The van der Waals surface area contributed by atoms with E-state index < -0.39 is 20.7 Å². The van der Waals surface area contributed by atoms with Crippen molar-refractivity contribution >= 4 is 21.7 Å². The normalized spacial score (nSPS) is 20.1. The van der Waals surface area contributed by atoms with E-state index in [0.717, 1.165) is 0 Å². The third kappa shape index (κ3) is 1.37. The van der Waals surface area contributed by atoms with Crippen molar-refractivity contribution in [2.24, 2.45) is 0 Å². The van der Waals surface area contributed by atoms with Gasteiger partial charge in [-0.25, -0.2) is 13.2 Å². The Labute approximate surface area is 99.7 Å². The van der Waals surface area contributed by atoms with E-state index in [-0.39, 0.29) is 5.56 Å². The number of benzene rings is 1. The average Bonchev–Trinajstić information content (AvgIpc) is 2.38. The first-order valence-electron chi connectivity index (χ1n) is 5.06. The number of fused-ring (bicyclic) bond motifs is 1. The molecule has 1 N–H and O–H groups in total. The predicted molar refractivity (Wildman–Crippen MR) is 63.8 cm³/mol. The highest BCUT2D eigenvalue weighted by Crippen LogP contribution is 2.45. The van der Waals surface area contributed by atoms with Gasteiger partial charge in [-0.15, -0.1) is 0 Å². The molecule has 0 atom stereocenters. The van der Waals surface area contributed by atoms with Crippen LogP contribution in [0.2, 0.25) is 0 Å². The number of hydrogen-bond donors (Lipinski definition) is 1. The van der Waals surface area contributed by atoms with E-state index in [9.17, 15) is 13.2 Å². The molecule has 1 aliphatic heterocycles. The first kappa shape index (κ1) is 11.9. The Hall–Kier alpha value is -1.56. The molecule has 0 amide bonds. The van der Waals surface area contributed by atoms with Crippen molar-refractivity contribution < 1.29 is 18.3 Å². The van der Waals surface area contributed by atoms with Gasteiger partial charge in [-0.3, -0.25) is 4.31 Å². The van der Waals surface area contributed by atoms with Crippen LogP contribution in [0, 0.1) is 0 Å². The number of rotatable bonds is 1. The lowest BCUT2D eigenvalue weighted by Crippen LogP contribution is -2.33. The number of carboxylic acids is 1. The fraction of sp³-hybridized carbons (Fsp3) is 0.364. The zero-order valence-electron chi connectivity index (χ0n) is 9.76. The Morgan fingerprint density at radius 2 is 1.94 bits per heavy atom. The van der Waals surface area contributed by atoms with Crippen LogP contribution in [0.4, 0.5) is 5.69 Å². The Bertz CT molecular complexity index is 604. The minimum Gasteiger partial charge on any atom is -0.478 e. The van der Waals surface area contributed by atoms with Gasteiger partial charge in [-0.05, 0) is 37.6 Å². The maximum atomic E-state index is 12.1. The number of nitrogens with zero attached hydrogens (tertiary/aromatic N) is 1. The van der Waals surface area contributed by atoms with Crippen molar-refractivity contribution in [3.63, 3.8) is 0 Å². The van der Waals surface area contributed by atoms with Gasteiger partial charge in [0.15, 0.2) is 0 Å². The first-order chi connectivity index (χ1) is 7.69. The Balaban J connectivity index is 2.75. The summed E-state index contributed by atoms with van der Waals surface area (Å²) in [5.41, 5.74) is 1.17. The van der Waals surface area contributed by atoms with Crippen molar-refractivity contribution in [1.29, 1.82) is 0 Å². The van der Waals surface area contributed by atoms with Crippen LogP contribution >= 0.6 is 0 Å². The van der Waals surface area contributed by atoms with Crippen molar-refractivity contribution in [3.05, 3.63) is 29.3 Å². The topological polar surface area (TPSA) is 74.7 Å². The smallest absolute Gasteiger partial charge is 0.335 e. The second kappa shape index (κ2) is 3.22. The summed E-state index contributed by atoms with van der Waals surface area (Å²) in [6, 6.07) is 4.37. The van der Waals surface area contributed by atoms with Crippen LogP contribution in [0.25, 0.3) is 0 Å². The molecular formula is C11H13NO4S. The summed E-state index contributed by atoms with van der Waals surface area (Å²) in [4.78, 5) is 10.9. The van der Waals surface area contributed by atoms with Gasteiger partial charge in [0.05, 0.1) is 11.3 Å². The van der Waals surface area contributed by atoms with Crippen molar-refractivity contribution in [2.75, 3.05) is 11.4 Å². The SMILES string of the molecule is CN1c2ccc(C(=O)O)cc2C(C)(C)S1(=O)=O. The molecule has 0 fully saturated rings. The molecular weight excluding hydrogens is 242 g/mol. The molecule has 0 saturated carbocycles. The van der Waals surface area contributed by atoms with Gasteiger partial charge < -0.3 is 5.11 Å². The van der Waals surface area contributed by atoms with Crippen LogP contribution in [-0.4, -0.2) is 26.5 Å². The maximum absolute atomic E-state index is 12.1. The number of aromatic carboxylic acids is 1. The minimum absolute atomic E-state index is 0.0994. The van der Waals surface area contributed by atoms with Crippen LogP contribution in [0.3, 0.4) is 0 Å². The molecule has 1 aromatic carbocycles. The highest BCUT2D eigenvalue weighted by molar-refractivity contribution is 7.94. The largest absolute Gasteiger partial charge is 0.478 e.